The van der Waals surface area contributed by atoms with Crippen molar-refractivity contribution in [2.24, 2.45) is 10.9 Å². The summed E-state index contributed by atoms with van der Waals surface area (Å²) in [6.45, 7) is 4.20. The maximum absolute atomic E-state index is 12.3. The summed E-state index contributed by atoms with van der Waals surface area (Å²) in [6.07, 6.45) is 4.35. The van der Waals surface area contributed by atoms with Crippen LogP contribution in [0.3, 0.4) is 0 Å². The molecule has 28 heavy (non-hydrogen) atoms. The van der Waals surface area contributed by atoms with Crippen molar-refractivity contribution in [3.05, 3.63) is 52.2 Å². The molecule has 152 valence electrons. The molecule has 0 unspecified atom stereocenters. The number of carbonyl (C=O) groups is 1. The minimum Gasteiger partial charge on any atom is -0.357 e. The number of thiophene rings is 1. The number of nitrogens with zero attached hydrogens (tertiary/aromatic N) is 1. The van der Waals surface area contributed by atoms with Crippen molar-refractivity contribution in [1.29, 1.82) is 0 Å². The molecule has 1 aromatic heterocycles. The highest BCUT2D eigenvalue weighted by molar-refractivity contribution is 14.0. The van der Waals surface area contributed by atoms with Gasteiger partial charge in [0.15, 0.2) is 5.96 Å². The molecule has 3 N–H and O–H groups in total. The third-order valence-corrected chi connectivity index (χ3v) is 5.57. The number of nitrogens with one attached hydrogen (secondary N) is 3. The maximum atomic E-state index is 12.3. The van der Waals surface area contributed by atoms with E-state index in [1.807, 2.05) is 24.3 Å². The number of halogens is 1. The molecule has 3 rings (SSSR count). The highest BCUT2D eigenvalue weighted by atomic mass is 127. The molecule has 5 nitrogen and oxygen atoms in total. The van der Waals surface area contributed by atoms with Crippen molar-refractivity contribution in [1.82, 2.24) is 10.6 Å². The van der Waals surface area contributed by atoms with Crippen molar-refractivity contribution in [3.8, 4) is 0 Å². The Kier molecular flexibility index (Phi) is 9.77. The summed E-state index contributed by atoms with van der Waals surface area (Å²) in [4.78, 5) is 18.3. The van der Waals surface area contributed by atoms with Crippen LogP contribution in [0.1, 0.15) is 43.0 Å². The summed E-state index contributed by atoms with van der Waals surface area (Å²) in [5, 5.41) is 11.8. The molecule has 1 fully saturated rings. The predicted molar refractivity (Wildman–Crippen MR) is 128 cm³/mol. The molecule has 2 aromatic rings. The molecular weight excluding hydrogens is 483 g/mol. The van der Waals surface area contributed by atoms with E-state index < -0.39 is 0 Å². The number of rotatable bonds is 7. The standard InChI is InChI=1S/C21H28N4OS.HI/c1-2-22-21(24-15-19-11-6-12-27-19)23-14-16-7-5-10-18(13-16)25-20(26)17-8-3-4-9-17;/h5-7,10-13,17H,2-4,8-9,14-15H2,1H3,(H,25,26)(H2,22,23,24);1H. The third kappa shape index (κ3) is 7.09. The zero-order chi connectivity index (χ0) is 18.9. The number of hydrogen-bond acceptors (Lipinski definition) is 3. The van der Waals surface area contributed by atoms with Gasteiger partial charge in [-0.2, -0.15) is 0 Å². The molecule has 0 bridgehead atoms. The van der Waals surface area contributed by atoms with Crippen LogP contribution in [0.25, 0.3) is 0 Å². The van der Waals surface area contributed by atoms with Gasteiger partial charge in [-0.1, -0.05) is 31.0 Å². The topological polar surface area (TPSA) is 65.5 Å². The van der Waals surface area contributed by atoms with Gasteiger partial charge >= 0.3 is 0 Å². The monoisotopic (exact) mass is 512 g/mol. The Balaban J connectivity index is 0.00000280. The van der Waals surface area contributed by atoms with Crippen LogP contribution in [0.2, 0.25) is 0 Å². The third-order valence-electron chi connectivity index (χ3n) is 4.69. The molecule has 0 saturated heterocycles. The smallest absolute Gasteiger partial charge is 0.227 e. The Labute approximate surface area is 188 Å². The summed E-state index contributed by atoms with van der Waals surface area (Å²) in [5.74, 6) is 1.12. The van der Waals surface area contributed by atoms with Crippen molar-refractivity contribution < 1.29 is 4.79 Å². The Morgan fingerprint density at radius 3 is 2.71 bits per heavy atom. The fourth-order valence-corrected chi connectivity index (χ4v) is 3.92. The first kappa shape index (κ1) is 22.7. The molecule has 1 heterocycles. The molecule has 1 aliphatic rings. The molecule has 7 heteroatoms. The van der Waals surface area contributed by atoms with Crippen molar-refractivity contribution in [2.75, 3.05) is 11.9 Å². The molecule has 1 aromatic carbocycles. The first-order valence-electron chi connectivity index (χ1n) is 9.69. The first-order chi connectivity index (χ1) is 13.2. The normalized spacial score (nSPS) is 14.4. The largest absolute Gasteiger partial charge is 0.357 e. The number of amides is 1. The van der Waals surface area contributed by atoms with Crippen molar-refractivity contribution in [2.45, 2.75) is 45.7 Å². The van der Waals surface area contributed by atoms with E-state index in [0.717, 1.165) is 43.1 Å². The van der Waals surface area contributed by atoms with Gasteiger partial charge in [0.05, 0.1) is 13.1 Å². The lowest BCUT2D eigenvalue weighted by Crippen LogP contribution is -2.36. The minimum absolute atomic E-state index is 0. The van der Waals surface area contributed by atoms with E-state index in [2.05, 4.69) is 45.4 Å². The van der Waals surface area contributed by atoms with Crippen LogP contribution in [0.4, 0.5) is 5.69 Å². The number of benzene rings is 1. The van der Waals surface area contributed by atoms with Gasteiger partial charge < -0.3 is 16.0 Å². The Morgan fingerprint density at radius 1 is 1.18 bits per heavy atom. The highest BCUT2D eigenvalue weighted by Crippen LogP contribution is 2.26. The fourth-order valence-electron chi connectivity index (χ4n) is 3.28. The predicted octanol–water partition coefficient (Wildman–Crippen LogP) is 4.75. The second-order valence-electron chi connectivity index (χ2n) is 6.80. The Morgan fingerprint density at radius 2 is 2.00 bits per heavy atom. The first-order valence-corrected chi connectivity index (χ1v) is 10.6. The number of guanidine groups is 1. The lowest BCUT2D eigenvalue weighted by atomic mass is 10.1. The number of aliphatic imine (C=N–C) groups is 1. The number of anilines is 1. The van der Waals surface area contributed by atoms with E-state index >= 15 is 0 Å². The van der Waals surface area contributed by atoms with Gasteiger partial charge in [-0.3, -0.25) is 4.79 Å². The molecule has 0 atom stereocenters. The van der Waals surface area contributed by atoms with E-state index in [1.165, 1.54) is 17.7 Å². The fraction of sp³-hybridized carbons (Fsp3) is 0.429. The molecule has 0 spiro atoms. The van der Waals surface area contributed by atoms with Gasteiger partial charge in [0.1, 0.15) is 0 Å². The lowest BCUT2D eigenvalue weighted by molar-refractivity contribution is -0.119. The van der Waals surface area contributed by atoms with Gasteiger partial charge in [-0.05, 0) is 48.9 Å². The molecule has 1 amide bonds. The van der Waals surface area contributed by atoms with Gasteiger partial charge in [-0.25, -0.2) is 4.99 Å². The average molecular weight is 512 g/mol. The quantitative estimate of drug-likeness (QED) is 0.285. The molecule has 0 aliphatic heterocycles. The van der Waals surface area contributed by atoms with Crippen LogP contribution in [0.5, 0.6) is 0 Å². The summed E-state index contributed by atoms with van der Waals surface area (Å²) in [6, 6.07) is 12.1. The second-order valence-corrected chi connectivity index (χ2v) is 7.83. The van der Waals surface area contributed by atoms with Crippen LogP contribution in [-0.2, 0) is 17.9 Å². The summed E-state index contributed by atoms with van der Waals surface area (Å²) in [5.41, 5.74) is 1.93. The van der Waals surface area contributed by atoms with Crippen LogP contribution in [0, 0.1) is 5.92 Å². The SMILES string of the molecule is CCNC(=NCc1cccc(NC(=O)C2CCCC2)c1)NCc1cccs1.I. The Hall–Kier alpha value is -1.61. The van der Waals surface area contributed by atoms with E-state index in [1.54, 1.807) is 11.3 Å². The minimum atomic E-state index is 0. The molecule has 0 radical (unpaired) electrons. The van der Waals surface area contributed by atoms with E-state index in [0.29, 0.717) is 6.54 Å². The van der Waals surface area contributed by atoms with Crippen molar-refractivity contribution in [3.63, 3.8) is 0 Å². The number of hydrogen-bond donors (Lipinski definition) is 3. The zero-order valence-electron chi connectivity index (χ0n) is 16.2. The van der Waals surface area contributed by atoms with Gasteiger partial charge in [0.25, 0.3) is 0 Å². The van der Waals surface area contributed by atoms with Gasteiger partial charge in [0, 0.05) is 23.0 Å². The highest BCUT2D eigenvalue weighted by Gasteiger charge is 2.22. The van der Waals surface area contributed by atoms with Gasteiger partial charge in [0.2, 0.25) is 5.91 Å². The van der Waals surface area contributed by atoms with Gasteiger partial charge in [-0.15, -0.1) is 35.3 Å². The maximum Gasteiger partial charge on any atom is 0.227 e. The average Bonchev–Trinajstić information content (AvgIpc) is 3.38. The van der Waals surface area contributed by atoms with Crippen LogP contribution >= 0.6 is 35.3 Å². The summed E-state index contributed by atoms with van der Waals surface area (Å²) >= 11 is 1.73. The van der Waals surface area contributed by atoms with Crippen LogP contribution in [0.15, 0.2) is 46.8 Å². The van der Waals surface area contributed by atoms with E-state index in [-0.39, 0.29) is 35.8 Å². The summed E-state index contributed by atoms with van der Waals surface area (Å²) in [7, 11) is 0. The van der Waals surface area contributed by atoms with Crippen molar-refractivity contribution >= 4 is 52.9 Å². The lowest BCUT2D eigenvalue weighted by Gasteiger charge is -2.12. The number of carbonyl (C=O) groups excluding carboxylic acids is 1. The van der Waals surface area contributed by atoms with Crippen LogP contribution in [-0.4, -0.2) is 18.4 Å². The van der Waals surface area contributed by atoms with E-state index in [9.17, 15) is 4.79 Å². The molecular formula is C21H29IN4OS. The summed E-state index contributed by atoms with van der Waals surface area (Å²) < 4.78 is 0. The van der Waals surface area contributed by atoms with E-state index in [4.69, 9.17) is 0 Å². The van der Waals surface area contributed by atoms with Crippen LogP contribution < -0.4 is 16.0 Å². The Bertz CT molecular complexity index is 758. The zero-order valence-corrected chi connectivity index (χ0v) is 19.4. The second kappa shape index (κ2) is 12.1. The molecule has 1 saturated carbocycles. The molecule has 1 aliphatic carbocycles.